The Balaban J connectivity index is 1.77. The summed E-state index contributed by atoms with van der Waals surface area (Å²) in [6.45, 7) is 0. The van der Waals surface area contributed by atoms with Crippen LogP contribution >= 0.6 is 0 Å². The van der Waals surface area contributed by atoms with E-state index in [4.69, 9.17) is 5.11 Å². The molecule has 25 heavy (non-hydrogen) atoms. The lowest BCUT2D eigenvalue weighted by atomic mass is 9.89. The number of nitrogens with one attached hydrogen (secondary N) is 1. The molecule has 0 fully saturated rings. The van der Waals surface area contributed by atoms with Crippen LogP contribution in [0.4, 0.5) is 5.82 Å². The lowest BCUT2D eigenvalue weighted by molar-refractivity contribution is -0.116. The number of carboxylic acid groups (broad SMARTS) is 1. The zero-order valence-corrected chi connectivity index (χ0v) is 13.1. The minimum atomic E-state index is -0.977. The molecule has 1 aromatic carbocycles. The fraction of sp³-hybridized carbons (Fsp3) is 0.111. The van der Waals surface area contributed by atoms with Crippen LogP contribution in [0.5, 0.6) is 0 Å². The van der Waals surface area contributed by atoms with Crippen molar-refractivity contribution in [2.24, 2.45) is 0 Å². The van der Waals surface area contributed by atoms with Gasteiger partial charge in [0, 0.05) is 18.5 Å². The summed E-state index contributed by atoms with van der Waals surface area (Å²) in [5.74, 6) is -0.680. The monoisotopic (exact) mass is 334 g/mol. The smallest absolute Gasteiger partial charge is 0.335 e. The van der Waals surface area contributed by atoms with E-state index in [1.165, 1.54) is 0 Å². The second-order valence-electron chi connectivity index (χ2n) is 5.79. The third kappa shape index (κ3) is 2.65. The van der Waals surface area contributed by atoms with Gasteiger partial charge in [-0.1, -0.05) is 12.1 Å². The Morgan fingerprint density at radius 1 is 1.24 bits per heavy atom. The van der Waals surface area contributed by atoms with Crippen molar-refractivity contribution in [3.63, 3.8) is 0 Å². The van der Waals surface area contributed by atoms with E-state index in [0.717, 1.165) is 16.9 Å². The van der Waals surface area contributed by atoms with Gasteiger partial charge in [-0.25, -0.2) is 9.78 Å². The first-order valence-corrected chi connectivity index (χ1v) is 7.74. The van der Waals surface area contributed by atoms with Crippen molar-refractivity contribution in [3.05, 3.63) is 71.9 Å². The molecule has 1 amide bonds. The van der Waals surface area contributed by atoms with E-state index < -0.39 is 5.97 Å². The van der Waals surface area contributed by atoms with Gasteiger partial charge in [0.25, 0.3) is 0 Å². The average molecular weight is 334 g/mol. The number of nitrogens with zero attached hydrogens (tertiary/aromatic N) is 3. The molecule has 1 aliphatic heterocycles. The van der Waals surface area contributed by atoms with E-state index in [-0.39, 0.29) is 23.8 Å². The van der Waals surface area contributed by atoms with Crippen molar-refractivity contribution in [1.82, 2.24) is 14.5 Å². The van der Waals surface area contributed by atoms with Crippen LogP contribution in [0, 0.1) is 0 Å². The molecule has 0 radical (unpaired) electrons. The fourth-order valence-corrected chi connectivity index (χ4v) is 3.03. The molecular formula is C18H14N4O3. The second kappa shape index (κ2) is 5.86. The Morgan fingerprint density at radius 3 is 2.72 bits per heavy atom. The molecule has 3 aromatic rings. The molecule has 3 heterocycles. The van der Waals surface area contributed by atoms with Crippen molar-refractivity contribution in [2.45, 2.75) is 12.3 Å². The summed E-state index contributed by atoms with van der Waals surface area (Å²) in [6, 6.07) is 10.3. The highest BCUT2D eigenvalue weighted by Crippen LogP contribution is 2.37. The molecule has 2 aromatic heterocycles. The van der Waals surface area contributed by atoms with E-state index in [1.807, 2.05) is 12.1 Å². The van der Waals surface area contributed by atoms with Crippen LogP contribution in [0.25, 0.3) is 5.69 Å². The van der Waals surface area contributed by atoms with Gasteiger partial charge in [0.15, 0.2) is 0 Å². The van der Waals surface area contributed by atoms with Crippen molar-refractivity contribution >= 4 is 17.7 Å². The third-order valence-electron chi connectivity index (χ3n) is 4.26. The Morgan fingerprint density at radius 2 is 2.04 bits per heavy atom. The summed E-state index contributed by atoms with van der Waals surface area (Å²) in [7, 11) is 0. The number of carbonyl (C=O) groups is 2. The number of carbonyl (C=O) groups excluding carboxylic acids is 1. The summed E-state index contributed by atoms with van der Waals surface area (Å²) < 4.78 is 1.79. The first-order valence-electron chi connectivity index (χ1n) is 7.74. The molecule has 7 heteroatoms. The summed E-state index contributed by atoms with van der Waals surface area (Å²) in [5.41, 5.74) is 2.63. The molecule has 124 valence electrons. The number of imidazole rings is 1. The zero-order valence-electron chi connectivity index (χ0n) is 13.1. The molecular weight excluding hydrogens is 320 g/mol. The maximum absolute atomic E-state index is 12.2. The number of anilines is 1. The maximum atomic E-state index is 12.2. The van der Waals surface area contributed by atoms with Gasteiger partial charge in [-0.2, -0.15) is 0 Å². The number of pyridine rings is 1. The Labute approximate surface area is 143 Å². The number of amides is 1. The molecule has 0 saturated heterocycles. The zero-order chi connectivity index (χ0) is 17.4. The van der Waals surface area contributed by atoms with E-state index in [2.05, 4.69) is 15.3 Å². The number of aromatic carboxylic acids is 1. The van der Waals surface area contributed by atoms with E-state index in [9.17, 15) is 9.59 Å². The quantitative estimate of drug-likeness (QED) is 0.767. The number of aromatic nitrogens is 3. The predicted molar refractivity (Wildman–Crippen MR) is 89.9 cm³/mol. The van der Waals surface area contributed by atoms with Crippen molar-refractivity contribution < 1.29 is 14.7 Å². The summed E-state index contributed by atoms with van der Waals surface area (Å²) in [4.78, 5) is 31.8. The summed E-state index contributed by atoms with van der Waals surface area (Å²) in [6.07, 6.45) is 5.30. The molecule has 0 aliphatic carbocycles. The fourth-order valence-electron chi connectivity index (χ4n) is 3.03. The Hall–Kier alpha value is -3.48. The number of carboxylic acids is 1. The van der Waals surface area contributed by atoms with E-state index >= 15 is 0 Å². The number of fused-ring (bicyclic) bond motifs is 1. The normalized spacial score (nSPS) is 16.2. The molecule has 1 aliphatic rings. The molecule has 0 spiro atoms. The molecule has 2 N–H and O–H groups in total. The lowest BCUT2D eigenvalue weighted by Gasteiger charge is -2.23. The maximum Gasteiger partial charge on any atom is 0.335 e. The minimum Gasteiger partial charge on any atom is -0.478 e. The molecule has 4 rings (SSSR count). The van der Waals surface area contributed by atoms with Gasteiger partial charge >= 0.3 is 5.97 Å². The van der Waals surface area contributed by atoms with Gasteiger partial charge in [-0.05, 0) is 29.8 Å². The first kappa shape index (κ1) is 15.1. The largest absolute Gasteiger partial charge is 0.478 e. The highest BCUT2D eigenvalue weighted by molar-refractivity contribution is 5.94. The van der Waals surface area contributed by atoms with Gasteiger partial charge in [-0.3, -0.25) is 14.3 Å². The van der Waals surface area contributed by atoms with Gasteiger partial charge in [0.05, 0.1) is 23.1 Å². The van der Waals surface area contributed by atoms with E-state index in [0.29, 0.717) is 5.82 Å². The second-order valence-corrected chi connectivity index (χ2v) is 5.79. The summed E-state index contributed by atoms with van der Waals surface area (Å²) in [5, 5.41) is 11.9. The Bertz CT molecular complexity index is 948. The van der Waals surface area contributed by atoms with Gasteiger partial charge < -0.3 is 10.4 Å². The molecule has 0 saturated carbocycles. The van der Waals surface area contributed by atoms with Gasteiger partial charge in [0.1, 0.15) is 12.1 Å². The number of hydrogen-bond acceptors (Lipinski definition) is 4. The van der Waals surface area contributed by atoms with Crippen LogP contribution in [0.2, 0.25) is 0 Å². The SMILES string of the molecule is O=C1C[C@@H](c2ccc(C(=O)O)cc2)c2ncn(-c3cccnc3)c2N1. The predicted octanol–water partition coefficient (Wildman–Crippen LogP) is 2.44. The van der Waals surface area contributed by atoms with E-state index in [1.54, 1.807) is 47.6 Å². The van der Waals surface area contributed by atoms with Crippen molar-refractivity contribution in [3.8, 4) is 5.69 Å². The van der Waals surface area contributed by atoms with Crippen LogP contribution in [-0.4, -0.2) is 31.5 Å². The minimum absolute atomic E-state index is 0.106. The molecule has 7 nitrogen and oxygen atoms in total. The molecule has 1 atom stereocenters. The topological polar surface area (TPSA) is 97.1 Å². The highest BCUT2D eigenvalue weighted by Gasteiger charge is 2.31. The third-order valence-corrected chi connectivity index (χ3v) is 4.26. The number of hydrogen-bond donors (Lipinski definition) is 2. The van der Waals surface area contributed by atoms with Crippen molar-refractivity contribution in [1.29, 1.82) is 0 Å². The Kier molecular flexibility index (Phi) is 3.53. The van der Waals surface area contributed by atoms with Gasteiger partial charge in [-0.15, -0.1) is 0 Å². The van der Waals surface area contributed by atoms with Crippen LogP contribution in [0.1, 0.15) is 34.0 Å². The average Bonchev–Trinajstić information content (AvgIpc) is 3.05. The molecule has 0 unspecified atom stereocenters. The standard InChI is InChI=1S/C18H14N4O3/c23-15-8-14(11-3-5-12(6-4-11)18(24)25)16-17(21-15)22(10-20-16)13-2-1-7-19-9-13/h1-7,9-10,14H,8H2,(H,21,23)(H,24,25)/t14-/m0/s1. The van der Waals surface area contributed by atoms with Crippen molar-refractivity contribution in [2.75, 3.05) is 5.32 Å². The number of rotatable bonds is 3. The van der Waals surface area contributed by atoms with Crippen LogP contribution in [0.3, 0.4) is 0 Å². The first-order chi connectivity index (χ1) is 12.1. The number of benzene rings is 1. The lowest BCUT2D eigenvalue weighted by Crippen LogP contribution is -2.25. The van der Waals surface area contributed by atoms with Crippen LogP contribution in [0.15, 0.2) is 55.1 Å². The van der Waals surface area contributed by atoms with Gasteiger partial charge in [0.2, 0.25) is 5.91 Å². The highest BCUT2D eigenvalue weighted by atomic mass is 16.4. The molecule has 0 bridgehead atoms. The van der Waals surface area contributed by atoms with Crippen LogP contribution in [-0.2, 0) is 4.79 Å². The van der Waals surface area contributed by atoms with Crippen LogP contribution < -0.4 is 5.32 Å². The summed E-state index contributed by atoms with van der Waals surface area (Å²) >= 11 is 0.